The summed E-state index contributed by atoms with van der Waals surface area (Å²) in [5.41, 5.74) is 3.04. The topological polar surface area (TPSA) is 83.6 Å². The molecule has 0 aliphatic rings. The number of anilines is 1. The number of carbonyl (C=O) groups excluding carboxylic acids is 1. The van der Waals surface area contributed by atoms with E-state index in [2.05, 4.69) is 15.5 Å². The van der Waals surface area contributed by atoms with Gasteiger partial charge in [-0.2, -0.15) is 5.26 Å². The lowest BCUT2D eigenvalue weighted by molar-refractivity contribution is -0.112. The molecule has 0 saturated carbocycles. The van der Waals surface area contributed by atoms with Crippen LogP contribution in [0.3, 0.4) is 0 Å². The number of amides is 1. The lowest BCUT2D eigenvalue weighted by Crippen LogP contribution is -2.13. The van der Waals surface area contributed by atoms with Crippen molar-refractivity contribution >= 4 is 28.5 Å². The summed E-state index contributed by atoms with van der Waals surface area (Å²) in [6, 6.07) is 19.3. The number of nitriles is 1. The maximum absolute atomic E-state index is 13.6. The van der Waals surface area contributed by atoms with Gasteiger partial charge in [0, 0.05) is 23.1 Å². The number of aromatic nitrogens is 3. The molecule has 0 aliphatic heterocycles. The van der Waals surface area contributed by atoms with E-state index < -0.39 is 5.91 Å². The molecule has 2 aromatic heterocycles. The van der Waals surface area contributed by atoms with E-state index in [-0.39, 0.29) is 11.4 Å². The molecule has 0 fully saturated rings. The van der Waals surface area contributed by atoms with Gasteiger partial charge in [-0.1, -0.05) is 41.2 Å². The molecule has 4 aromatic rings. The number of rotatable bonds is 5. The first-order valence-electron chi connectivity index (χ1n) is 9.30. The van der Waals surface area contributed by atoms with Gasteiger partial charge in [0.05, 0.1) is 0 Å². The average molecular weight is 429 g/mol. The Morgan fingerprint density at radius 2 is 2.00 bits per heavy atom. The average Bonchev–Trinajstić information content (AvgIpc) is 3.41. The van der Waals surface area contributed by atoms with E-state index in [1.807, 2.05) is 37.3 Å². The van der Waals surface area contributed by atoms with Crippen molar-refractivity contribution in [2.45, 2.75) is 6.92 Å². The molecule has 0 radical (unpaired) electrons. The van der Waals surface area contributed by atoms with Gasteiger partial charge >= 0.3 is 0 Å². The van der Waals surface area contributed by atoms with Crippen LogP contribution in [0.25, 0.3) is 22.3 Å². The zero-order valence-corrected chi connectivity index (χ0v) is 17.2. The first kappa shape index (κ1) is 20.2. The summed E-state index contributed by atoms with van der Waals surface area (Å²) >= 11 is 1.22. The summed E-state index contributed by atoms with van der Waals surface area (Å²) in [5.74, 6) is -0.971. The third-order valence-corrected chi connectivity index (χ3v) is 5.32. The quantitative estimate of drug-likeness (QED) is 0.358. The van der Waals surface area contributed by atoms with Crippen molar-refractivity contribution in [2.24, 2.45) is 0 Å². The molecule has 2 heterocycles. The van der Waals surface area contributed by atoms with Crippen LogP contribution in [0, 0.1) is 24.1 Å². The normalized spacial score (nSPS) is 11.2. The van der Waals surface area contributed by atoms with E-state index in [0.29, 0.717) is 21.5 Å². The maximum Gasteiger partial charge on any atom is 0.268 e. The Morgan fingerprint density at radius 1 is 1.16 bits per heavy atom. The van der Waals surface area contributed by atoms with Crippen LogP contribution in [0.1, 0.15) is 11.3 Å². The summed E-state index contributed by atoms with van der Waals surface area (Å²) < 4.78 is 15.3. The molecule has 6 nitrogen and oxygen atoms in total. The highest BCUT2D eigenvalue weighted by Crippen LogP contribution is 2.27. The fraction of sp³-hybridized carbons (Fsp3) is 0.0435. The number of benzene rings is 2. The van der Waals surface area contributed by atoms with Crippen LogP contribution in [0.5, 0.6) is 0 Å². The molecule has 1 amide bonds. The van der Waals surface area contributed by atoms with Crippen molar-refractivity contribution in [3.8, 4) is 22.3 Å². The van der Waals surface area contributed by atoms with Crippen molar-refractivity contribution in [1.82, 2.24) is 14.8 Å². The van der Waals surface area contributed by atoms with Gasteiger partial charge in [0.25, 0.3) is 5.91 Å². The molecular formula is C23H16FN5OS. The number of nitrogens with one attached hydrogen (secondary N) is 1. The highest BCUT2D eigenvalue weighted by Gasteiger charge is 2.15. The molecular weight excluding hydrogens is 413 g/mol. The second kappa shape index (κ2) is 8.73. The van der Waals surface area contributed by atoms with E-state index in [4.69, 9.17) is 0 Å². The number of aryl methyl sites for hydroxylation is 1. The van der Waals surface area contributed by atoms with E-state index >= 15 is 0 Å². The molecule has 0 bridgehead atoms. The fourth-order valence-electron chi connectivity index (χ4n) is 3.00. The van der Waals surface area contributed by atoms with Crippen LogP contribution in [-0.4, -0.2) is 20.7 Å². The van der Waals surface area contributed by atoms with Crippen LogP contribution in [0.15, 0.2) is 72.4 Å². The van der Waals surface area contributed by atoms with Gasteiger partial charge in [-0.05, 0) is 49.4 Å². The summed E-state index contributed by atoms with van der Waals surface area (Å²) in [7, 11) is 0. The second-order valence-corrected chi connectivity index (χ2v) is 7.67. The largest absolute Gasteiger partial charge is 0.317 e. The lowest BCUT2D eigenvalue weighted by atomic mass is 10.1. The Hall–Kier alpha value is -4.09. The lowest BCUT2D eigenvalue weighted by Gasteiger charge is -2.07. The number of hydrogen-bond donors (Lipinski definition) is 1. The number of halogens is 1. The van der Waals surface area contributed by atoms with E-state index in [0.717, 1.165) is 11.1 Å². The molecule has 8 heteroatoms. The minimum atomic E-state index is -0.596. The summed E-state index contributed by atoms with van der Waals surface area (Å²) in [6.07, 6.45) is 3.18. The molecule has 2 aromatic carbocycles. The molecule has 0 atom stereocenters. The third-order valence-electron chi connectivity index (χ3n) is 4.43. The van der Waals surface area contributed by atoms with E-state index in [9.17, 15) is 14.4 Å². The van der Waals surface area contributed by atoms with Crippen LogP contribution in [0.4, 0.5) is 9.52 Å². The summed E-state index contributed by atoms with van der Waals surface area (Å²) in [6.45, 7) is 1.98. The predicted octanol–water partition coefficient (Wildman–Crippen LogP) is 4.99. The first-order valence-corrected chi connectivity index (χ1v) is 10.1. The Kier molecular flexibility index (Phi) is 5.69. The predicted molar refractivity (Wildman–Crippen MR) is 118 cm³/mol. The monoisotopic (exact) mass is 429 g/mol. The maximum atomic E-state index is 13.6. The smallest absolute Gasteiger partial charge is 0.268 e. The van der Waals surface area contributed by atoms with Crippen molar-refractivity contribution < 1.29 is 9.18 Å². The molecule has 31 heavy (non-hydrogen) atoms. The van der Waals surface area contributed by atoms with Gasteiger partial charge in [-0.25, -0.2) is 4.39 Å². The SMILES string of the molecule is Cc1cccc(-c2nnc(NC(=O)/C(C#N)=C\c3cccn3-c3cccc(F)c3)s2)c1. The van der Waals surface area contributed by atoms with Gasteiger partial charge in [0.2, 0.25) is 5.13 Å². The Morgan fingerprint density at radius 3 is 2.77 bits per heavy atom. The van der Waals surface area contributed by atoms with Gasteiger partial charge in [0.1, 0.15) is 22.5 Å². The highest BCUT2D eigenvalue weighted by molar-refractivity contribution is 7.18. The van der Waals surface area contributed by atoms with Crippen LogP contribution < -0.4 is 5.32 Å². The first-order chi connectivity index (χ1) is 15.0. The van der Waals surface area contributed by atoms with Gasteiger partial charge in [-0.3, -0.25) is 10.1 Å². The molecule has 1 N–H and O–H groups in total. The Labute approximate surface area is 181 Å². The minimum Gasteiger partial charge on any atom is -0.317 e. The second-order valence-electron chi connectivity index (χ2n) is 6.69. The zero-order chi connectivity index (χ0) is 21.8. The number of nitrogens with zero attached hydrogens (tertiary/aromatic N) is 4. The Balaban J connectivity index is 1.56. The van der Waals surface area contributed by atoms with Crippen molar-refractivity contribution in [1.29, 1.82) is 5.26 Å². The van der Waals surface area contributed by atoms with Crippen molar-refractivity contribution in [3.63, 3.8) is 0 Å². The van der Waals surface area contributed by atoms with Crippen LogP contribution in [0.2, 0.25) is 0 Å². The van der Waals surface area contributed by atoms with Crippen LogP contribution >= 0.6 is 11.3 Å². The molecule has 152 valence electrons. The number of hydrogen-bond acceptors (Lipinski definition) is 5. The minimum absolute atomic E-state index is 0.108. The molecule has 4 rings (SSSR count). The van der Waals surface area contributed by atoms with Gasteiger partial charge in [0.15, 0.2) is 0 Å². The fourth-order valence-corrected chi connectivity index (χ4v) is 3.74. The van der Waals surface area contributed by atoms with Crippen molar-refractivity contribution in [3.05, 3.63) is 89.5 Å². The van der Waals surface area contributed by atoms with Crippen molar-refractivity contribution in [2.75, 3.05) is 5.32 Å². The zero-order valence-electron chi connectivity index (χ0n) is 16.4. The Bertz CT molecular complexity index is 1330. The van der Waals surface area contributed by atoms with E-state index in [1.165, 1.54) is 29.5 Å². The molecule has 0 unspecified atom stereocenters. The highest BCUT2D eigenvalue weighted by atomic mass is 32.1. The van der Waals surface area contributed by atoms with Gasteiger partial charge in [-0.15, -0.1) is 10.2 Å². The summed E-state index contributed by atoms with van der Waals surface area (Å²) in [5, 5.41) is 21.2. The molecule has 0 aliphatic carbocycles. The molecule has 0 saturated heterocycles. The summed E-state index contributed by atoms with van der Waals surface area (Å²) in [4.78, 5) is 12.6. The van der Waals surface area contributed by atoms with Gasteiger partial charge < -0.3 is 4.57 Å². The van der Waals surface area contributed by atoms with E-state index in [1.54, 1.807) is 35.0 Å². The number of carbonyl (C=O) groups is 1. The standard InChI is InChI=1S/C23H16FN5OS/c1-15-5-2-6-16(11-15)22-27-28-23(31-22)26-21(30)17(14-25)12-19-9-4-10-29(19)20-8-3-7-18(24)13-20/h2-13H,1H3,(H,26,28,30)/b17-12-. The van der Waals surface area contributed by atoms with Crippen LogP contribution in [-0.2, 0) is 4.79 Å². The molecule has 0 spiro atoms. The third kappa shape index (κ3) is 4.57.